The van der Waals surface area contributed by atoms with Crippen LogP contribution in [0.4, 0.5) is 0 Å². The second kappa shape index (κ2) is 14.1. The Labute approximate surface area is 227 Å². The molecule has 0 bridgehead atoms. The number of phenols is 1. The van der Waals surface area contributed by atoms with E-state index in [-0.39, 0.29) is 12.4 Å². The lowest BCUT2D eigenvalue weighted by Gasteiger charge is -2.37. The number of aliphatic hydroxyl groups is 1. The molecule has 0 amide bonds. The van der Waals surface area contributed by atoms with E-state index in [9.17, 15) is 15.0 Å². The smallest absolute Gasteiger partial charge is 0.310 e. The van der Waals surface area contributed by atoms with Crippen molar-refractivity contribution in [2.24, 2.45) is 5.92 Å². The van der Waals surface area contributed by atoms with E-state index in [1.807, 2.05) is 31.2 Å². The van der Waals surface area contributed by atoms with Crippen LogP contribution < -0.4 is 0 Å². The summed E-state index contributed by atoms with van der Waals surface area (Å²) in [6, 6.07) is 26.3. The quantitative estimate of drug-likeness (QED) is 0.302. The maximum absolute atomic E-state index is 11.9. The summed E-state index contributed by atoms with van der Waals surface area (Å²) in [4.78, 5) is 14.5. The van der Waals surface area contributed by atoms with Crippen molar-refractivity contribution in [1.82, 2.24) is 4.90 Å². The summed E-state index contributed by atoms with van der Waals surface area (Å²) in [7, 11) is 0. The molecule has 5 heteroatoms. The van der Waals surface area contributed by atoms with Gasteiger partial charge in [-0.15, -0.1) is 0 Å². The number of carbonyl (C=O) groups excluding carboxylic acids is 1. The zero-order valence-electron chi connectivity index (χ0n) is 22.5. The Morgan fingerprint density at radius 1 is 0.921 bits per heavy atom. The minimum Gasteiger partial charge on any atom is -0.508 e. The average molecular weight is 516 g/mol. The van der Waals surface area contributed by atoms with Crippen LogP contribution in [-0.4, -0.2) is 53.4 Å². The Bertz CT molecular complexity index is 1120. The van der Waals surface area contributed by atoms with E-state index in [0.29, 0.717) is 30.6 Å². The number of benzene rings is 3. The maximum Gasteiger partial charge on any atom is 0.310 e. The van der Waals surface area contributed by atoms with Crippen molar-refractivity contribution in [3.63, 3.8) is 0 Å². The minimum absolute atomic E-state index is 0.224. The fourth-order valence-electron chi connectivity index (χ4n) is 5.79. The molecule has 2 atom stereocenters. The van der Waals surface area contributed by atoms with Gasteiger partial charge < -0.3 is 19.8 Å². The number of ether oxygens (including phenoxy) is 1. The van der Waals surface area contributed by atoms with Gasteiger partial charge in [-0.3, -0.25) is 4.79 Å². The van der Waals surface area contributed by atoms with Crippen molar-refractivity contribution in [1.29, 1.82) is 0 Å². The predicted molar refractivity (Wildman–Crippen MR) is 151 cm³/mol. The fourth-order valence-corrected chi connectivity index (χ4v) is 5.79. The number of likely N-dealkylation sites (tertiary alicyclic amines) is 1. The van der Waals surface area contributed by atoms with Crippen molar-refractivity contribution in [3.05, 3.63) is 101 Å². The first-order chi connectivity index (χ1) is 18.5. The van der Waals surface area contributed by atoms with Crippen LogP contribution in [0.25, 0.3) is 0 Å². The summed E-state index contributed by atoms with van der Waals surface area (Å²) < 4.78 is 5.10. The van der Waals surface area contributed by atoms with Crippen molar-refractivity contribution in [2.75, 3.05) is 26.2 Å². The zero-order valence-corrected chi connectivity index (χ0v) is 22.5. The summed E-state index contributed by atoms with van der Waals surface area (Å²) in [5.41, 5.74) is 4.56. The number of hydrogen-bond donors (Lipinski definition) is 2. The third-order valence-corrected chi connectivity index (χ3v) is 7.74. The number of nitrogens with zero attached hydrogens (tertiary/aromatic N) is 1. The van der Waals surface area contributed by atoms with Crippen LogP contribution in [0.2, 0.25) is 0 Å². The van der Waals surface area contributed by atoms with Crippen molar-refractivity contribution < 1.29 is 19.7 Å². The topological polar surface area (TPSA) is 70.0 Å². The molecule has 0 spiro atoms. The molecule has 1 saturated heterocycles. The highest BCUT2D eigenvalue weighted by Crippen LogP contribution is 2.38. The lowest BCUT2D eigenvalue weighted by Crippen LogP contribution is -2.36. The molecule has 1 aliphatic heterocycles. The first kappa shape index (κ1) is 27.9. The van der Waals surface area contributed by atoms with Gasteiger partial charge in [-0.2, -0.15) is 0 Å². The van der Waals surface area contributed by atoms with E-state index in [1.165, 1.54) is 11.1 Å². The molecule has 0 aliphatic carbocycles. The third-order valence-electron chi connectivity index (χ3n) is 7.74. The first-order valence-electron chi connectivity index (χ1n) is 14.0. The lowest BCUT2D eigenvalue weighted by atomic mass is 9.76. The number of carbonyl (C=O) groups is 1. The van der Waals surface area contributed by atoms with Crippen LogP contribution in [0.5, 0.6) is 5.75 Å². The molecule has 2 unspecified atom stereocenters. The van der Waals surface area contributed by atoms with Gasteiger partial charge in [0.2, 0.25) is 0 Å². The van der Waals surface area contributed by atoms with Gasteiger partial charge in [0.25, 0.3) is 0 Å². The van der Waals surface area contributed by atoms with E-state index >= 15 is 0 Å². The molecule has 0 radical (unpaired) electrons. The second-order valence-corrected chi connectivity index (χ2v) is 10.4. The molecule has 0 saturated carbocycles. The number of aromatic hydroxyl groups is 1. The van der Waals surface area contributed by atoms with E-state index in [2.05, 4.69) is 47.4 Å². The summed E-state index contributed by atoms with van der Waals surface area (Å²) in [6.45, 7) is 5.30. The second-order valence-electron chi connectivity index (χ2n) is 10.4. The summed E-state index contributed by atoms with van der Waals surface area (Å²) in [5, 5.41) is 20.5. The predicted octanol–water partition coefficient (Wildman–Crippen LogP) is 5.73. The number of hydrogen-bond acceptors (Lipinski definition) is 5. The van der Waals surface area contributed by atoms with Crippen LogP contribution in [0, 0.1) is 5.92 Å². The zero-order chi connectivity index (χ0) is 26.7. The van der Waals surface area contributed by atoms with Crippen LogP contribution in [0.3, 0.4) is 0 Å². The SMILES string of the molecule is CCOC(=O)Cc1ccccc1CC(O)CCCN1CCC(C(c2ccccc2)c2ccc(O)cc2)CC1. The van der Waals surface area contributed by atoms with Gasteiger partial charge in [0.1, 0.15) is 5.75 Å². The Morgan fingerprint density at radius 3 is 2.24 bits per heavy atom. The van der Waals surface area contributed by atoms with Gasteiger partial charge in [0, 0.05) is 5.92 Å². The number of esters is 1. The van der Waals surface area contributed by atoms with Gasteiger partial charge >= 0.3 is 5.97 Å². The molecule has 1 aliphatic rings. The summed E-state index contributed by atoms with van der Waals surface area (Å²) >= 11 is 0. The van der Waals surface area contributed by atoms with E-state index in [4.69, 9.17) is 4.74 Å². The highest BCUT2D eigenvalue weighted by Gasteiger charge is 2.29. The molecular formula is C33H41NO4. The fraction of sp³-hybridized carbons (Fsp3) is 0.424. The molecule has 1 fully saturated rings. The minimum atomic E-state index is -0.423. The molecule has 4 rings (SSSR count). The Balaban J connectivity index is 1.26. The van der Waals surface area contributed by atoms with Crippen LogP contribution >= 0.6 is 0 Å². The van der Waals surface area contributed by atoms with E-state index in [0.717, 1.165) is 56.4 Å². The monoisotopic (exact) mass is 515 g/mol. The highest BCUT2D eigenvalue weighted by atomic mass is 16.5. The van der Waals surface area contributed by atoms with Crippen molar-refractivity contribution in [3.8, 4) is 5.75 Å². The maximum atomic E-state index is 11.9. The number of aliphatic hydroxyl groups excluding tert-OH is 1. The Morgan fingerprint density at radius 2 is 1.55 bits per heavy atom. The lowest BCUT2D eigenvalue weighted by molar-refractivity contribution is -0.142. The Hall–Kier alpha value is -3.15. The average Bonchev–Trinajstić information content (AvgIpc) is 2.93. The van der Waals surface area contributed by atoms with E-state index in [1.54, 1.807) is 12.1 Å². The largest absolute Gasteiger partial charge is 0.508 e. The van der Waals surface area contributed by atoms with Gasteiger partial charge in [-0.05, 0) is 99.0 Å². The molecule has 1 heterocycles. The van der Waals surface area contributed by atoms with Crippen molar-refractivity contribution >= 4 is 5.97 Å². The normalized spacial score (nSPS) is 16.2. The van der Waals surface area contributed by atoms with Crippen LogP contribution in [-0.2, 0) is 22.4 Å². The van der Waals surface area contributed by atoms with Gasteiger partial charge in [-0.1, -0.05) is 66.7 Å². The molecule has 2 N–H and O–H groups in total. The van der Waals surface area contributed by atoms with Gasteiger partial charge in [0.05, 0.1) is 19.1 Å². The van der Waals surface area contributed by atoms with Crippen LogP contribution in [0.15, 0.2) is 78.9 Å². The molecule has 5 nitrogen and oxygen atoms in total. The standard InChI is InChI=1S/C33H41NO4/c1-2-38-32(37)24-29-12-7-6-11-28(29)23-31(36)13-8-20-34-21-18-27(19-22-34)33(25-9-4-3-5-10-25)26-14-16-30(35)17-15-26/h3-7,9-12,14-17,27,31,33,35-36H,2,8,13,18-24H2,1H3. The first-order valence-corrected chi connectivity index (χ1v) is 14.0. The third kappa shape index (κ3) is 7.92. The highest BCUT2D eigenvalue weighted by molar-refractivity contribution is 5.73. The van der Waals surface area contributed by atoms with Crippen LogP contribution in [0.1, 0.15) is 60.8 Å². The van der Waals surface area contributed by atoms with Crippen molar-refractivity contribution in [2.45, 2.75) is 57.5 Å². The number of phenolic OH excluding ortho intramolecular Hbond substituents is 1. The molecular weight excluding hydrogens is 474 g/mol. The molecule has 0 aromatic heterocycles. The van der Waals surface area contributed by atoms with Gasteiger partial charge in [-0.25, -0.2) is 0 Å². The Kier molecular flexibility index (Phi) is 10.4. The number of rotatable bonds is 12. The van der Waals surface area contributed by atoms with Gasteiger partial charge in [0.15, 0.2) is 0 Å². The molecule has 3 aromatic carbocycles. The molecule has 38 heavy (non-hydrogen) atoms. The molecule has 202 valence electrons. The number of piperidine rings is 1. The molecule has 3 aromatic rings. The summed E-state index contributed by atoms with van der Waals surface area (Å²) in [5.74, 6) is 0.966. The summed E-state index contributed by atoms with van der Waals surface area (Å²) in [6.07, 6.45) is 4.34. The van der Waals surface area contributed by atoms with E-state index < -0.39 is 6.10 Å².